The average molecular weight is 374 g/mol. The second-order valence-electron chi connectivity index (χ2n) is 7.44. The maximum Gasteiger partial charge on any atom is 0.227 e. The van der Waals surface area contributed by atoms with E-state index < -0.39 is 0 Å². The van der Waals surface area contributed by atoms with Crippen LogP contribution in [-0.4, -0.2) is 48.1 Å². The number of hydrogen-bond acceptors (Lipinski definition) is 5. The van der Waals surface area contributed by atoms with Crippen LogP contribution in [0.15, 0.2) is 60.7 Å². The van der Waals surface area contributed by atoms with Crippen LogP contribution in [-0.2, 0) is 6.54 Å². The Morgan fingerprint density at radius 1 is 0.893 bits per heavy atom. The van der Waals surface area contributed by atoms with Crippen LogP contribution in [0, 0.1) is 6.92 Å². The molecule has 2 heterocycles. The molecule has 144 valence electrons. The van der Waals surface area contributed by atoms with Crippen molar-refractivity contribution in [3.8, 4) is 11.3 Å². The van der Waals surface area contributed by atoms with Gasteiger partial charge in [-0.1, -0.05) is 60.2 Å². The minimum atomic E-state index is 0.745. The monoisotopic (exact) mass is 373 g/mol. The maximum atomic E-state index is 4.88. The van der Waals surface area contributed by atoms with Crippen molar-refractivity contribution in [2.75, 3.05) is 43.4 Å². The van der Waals surface area contributed by atoms with Gasteiger partial charge in [0, 0.05) is 44.4 Å². The topological polar surface area (TPSA) is 44.3 Å². The van der Waals surface area contributed by atoms with Gasteiger partial charge in [0.05, 0.1) is 5.69 Å². The van der Waals surface area contributed by atoms with E-state index in [9.17, 15) is 0 Å². The Labute approximate surface area is 167 Å². The highest BCUT2D eigenvalue weighted by molar-refractivity contribution is 5.64. The number of piperazine rings is 1. The Morgan fingerprint density at radius 3 is 2.43 bits per heavy atom. The molecule has 0 aliphatic carbocycles. The molecule has 2 aromatic carbocycles. The second kappa shape index (κ2) is 8.40. The first-order chi connectivity index (χ1) is 13.7. The summed E-state index contributed by atoms with van der Waals surface area (Å²) in [6, 6.07) is 20.9. The zero-order valence-electron chi connectivity index (χ0n) is 16.6. The Balaban J connectivity index is 1.61. The first-order valence-electron chi connectivity index (χ1n) is 9.85. The molecule has 0 atom stereocenters. The van der Waals surface area contributed by atoms with Gasteiger partial charge in [0.1, 0.15) is 5.82 Å². The number of aryl methyl sites for hydroxylation is 1. The molecule has 1 aromatic heterocycles. The molecular formula is C23H27N5. The molecule has 1 saturated heterocycles. The highest BCUT2D eigenvalue weighted by Crippen LogP contribution is 2.24. The molecule has 0 radical (unpaired) electrons. The summed E-state index contributed by atoms with van der Waals surface area (Å²) in [4.78, 5) is 14.3. The Bertz CT molecular complexity index is 917. The summed E-state index contributed by atoms with van der Waals surface area (Å²) in [6.45, 7) is 6.83. The number of likely N-dealkylation sites (N-methyl/N-ethyl adjacent to an activating group) is 1. The summed E-state index contributed by atoms with van der Waals surface area (Å²) < 4.78 is 0. The van der Waals surface area contributed by atoms with E-state index in [1.807, 2.05) is 24.3 Å². The standard InChI is InChI=1S/C23H27N5/c1-18-7-6-8-19(15-18)17-24-22-16-21(20-9-4-3-5-10-20)25-23(26-22)28-13-11-27(2)12-14-28/h3-10,15-16H,11-14,17H2,1-2H3,(H,24,25,26). The van der Waals surface area contributed by atoms with Crippen molar-refractivity contribution in [3.05, 3.63) is 71.8 Å². The fraction of sp³-hybridized carbons (Fsp3) is 0.304. The molecule has 0 saturated carbocycles. The van der Waals surface area contributed by atoms with Crippen molar-refractivity contribution in [2.24, 2.45) is 0 Å². The third-order valence-electron chi connectivity index (χ3n) is 5.13. The molecule has 0 amide bonds. The van der Waals surface area contributed by atoms with Gasteiger partial charge in [-0.15, -0.1) is 0 Å². The van der Waals surface area contributed by atoms with Gasteiger partial charge in [-0.3, -0.25) is 0 Å². The van der Waals surface area contributed by atoms with Crippen molar-refractivity contribution in [3.63, 3.8) is 0 Å². The van der Waals surface area contributed by atoms with Gasteiger partial charge < -0.3 is 15.1 Å². The van der Waals surface area contributed by atoms with Gasteiger partial charge >= 0.3 is 0 Å². The van der Waals surface area contributed by atoms with Gasteiger partial charge in [-0.25, -0.2) is 4.98 Å². The lowest BCUT2D eigenvalue weighted by Gasteiger charge is -2.32. The largest absolute Gasteiger partial charge is 0.366 e. The van der Waals surface area contributed by atoms with E-state index >= 15 is 0 Å². The normalized spacial score (nSPS) is 14.9. The summed E-state index contributed by atoms with van der Waals surface area (Å²) in [5.41, 5.74) is 4.58. The Hall–Kier alpha value is -2.92. The van der Waals surface area contributed by atoms with Gasteiger partial charge in [-0.2, -0.15) is 4.98 Å². The molecule has 1 aliphatic heterocycles. The molecule has 0 bridgehead atoms. The molecule has 0 spiro atoms. The van der Waals surface area contributed by atoms with E-state index in [-0.39, 0.29) is 0 Å². The zero-order valence-corrected chi connectivity index (χ0v) is 16.6. The molecular weight excluding hydrogens is 346 g/mol. The molecule has 5 heteroatoms. The minimum absolute atomic E-state index is 0.745. The summed E-state index contributed by atoms with van der Waals surface area (Å²) in [5.74, 6) is 1.67. The highest BCUT2D eigenvalue weighted by Gasteiger charge is 2.18. The lowest BCUT2D eigenvalue weighted by atomic mass is 10.1. The molecule has 28 heavy (non-hydrogen) atoms. The average Bonchev–Trinajstić information content (AvgIpc) is 2.73. The van der Waals surface area contributed by atoms with E-state index in [1.165, 1.54) is 11.1 Å². The second-order valence-corrected chi connectivity index (χ2v) is 7.44. The van der Waals surface area contributed by atoms with E-state index in [0.717, 1.165) is 55.7 Å². The Kier molecular flexibility index (Phi) is 5.53. The summed E-state index contributed by atoms with van der Waals surface area (Å²) >= 11 is 0. The van der Waals surface area contributed by atoms with Gasteiger partial charge in [0.2, 0.25) is 5.95 Å². The number of hydrogen-bond donors (Lipinski definition) is 1. The lowest BCUT2D eigenvalue weighted by molar-refractivity contribution is 0.311. The van der Waals surface area contributed by atoms with Gasteiger partial charge in [0.25, 0.3) is 0 Å². The smallest absolute Gasteiger partial charge is 0.227 e. The quantitative estimate of drug-likeness (QED) is 0.737. The minimum Gasteiger partial charge on any atom is -0.366 e. The van der Waals surface area contributed by atoms with Crippen molar-refractivity contribution < 1.29 is 0 Å². The first kappa shape index (κ1) is 18.4. The summed E-state index contributed by atoms with van der Waals surface area (Å²) in [7, 11) is 2.16. The van der Waals surface area contributed by atoms with Crippen LogP contribution < -0.4 is 10.2 Å². The van der Waals surface area contributed by atoms with Crippen LogP contribution in [0.4, 0.5) is 11.8 Å². The lowest BCUT2D eigenvalue weighted by Crippen LogP contribution is -2.45. The van der Waals surface area contributed by atoms with Crippen LogP contribution in [0.1, 0.15) is 11.1 Å². The maximum absolute atomic E-state index is 4.88. The van der Waals surface area contributed by atoms with Crippen LogP contribution in [0.25, 0.3) is 11.3 Å². The van der Waals surface area contributed by atoms with E-state index in [1.54, 1.807) is 0 Å². The number of benzene rings is 2. The number of nitrogens with one attached hydrogen (secondary N) is 1. The van der Waals surface area contributed by atoms with Crippen LogP contribution >= 0.6 is 0 Å². The van der Waals surface area contributed by atoms with E-state index in [4.69, 9.17) is 9.97 Å². The van der Waals surface area contributed by atoms with Gasteiger partial charge in [-0.05, 0) is 19.5 Å². The van der Waals surface area contributed by atoms with E-state index in [2.05, 4.69) is 65.5 Å². The SMILES string of the molecule is Cc1cccc(CNc2cc(-c3ccccc3)nc(N3CCN(C)CC3)n2)c1. The van der Waals surface area contributed by atoms with E-state index in [0.29, 0.717) is 0 Å². The van der Waals surface area contributed by atoms with Crippen LogP contribution in [0.2, 0.25) is 0 Å². The third kappa shape index (κ3) is 4.49. The molecule has 0 unspecified atom stereocenters. The van der Waals surface area contributed by atoms with Crippen molar-refractivity contribution in [1.29, 1.82) is 0 Å². The molecule has 5 nitrogen and oxygen atoms in total. The predicted molar refractivity (Wildman–Crippen MR) is 116 cm³/mol. The zero-order chi connectivity index (χ0) is 19.3. The molecule has 4 rings (SSSR count). The number of aromatic nitrogens is 2. The Morgan fingerprint density at radius 2 is 1.68 bits per heavy atom. The number of rotatable bonds is 5. The fourth-order valence-corrected chi connectivity index (χ4v) is 3.44. The number of nitrogens with zero attached hydrogens (tertiary/aromatic N) is 4. The van der Waals surface area contributed by atoms with Crippen LogP contribution in [0.5, 0.6) is 0 Å². The fourth-order valence-electron chi connectivity index (χ4n) is 3.44. The number of anilines is 2. The summed E-state index contributed by atoms with van der Waals surface area (Å²) in [6.07, 6.45) is 0. The molecule has 3 aromatic rings. The van der Waals surface area contributed by atoms with Crippen molar-refractivity contribution in [1.82, 2.24) is 14.9 Å². The molecule has 1 N–H and O–H groups in total. The highest BCUT2D eigenvalue weighted by atomic mass is 15.3. The molecule has 1 fully saturated rings. The molecule has 1 aliphatic rings. The van der Waals surface area contributed by atoms with Crippen LogP contribution in [0.3, 0.4) is 0 Å². The third-order valence-corrected chi connectivity index (χ3v) is 5.13. The summed E-state index contributed by atoms with van der Waals surface area (Å²) in [5, 5.41) is 3.50. The van der Waals surface area contributed by atoms with Crippen molar-refractivity contribution >= 4 is 11.8 Å². The first-order valence-corrected chi connectivity index (χ1v) is 9.85. The van der Waals surface area contributed by atoms with Crippen molar-refractivity contribution in [2.45, 2.75) is 13.5 Å². The van der Waals surface area contributed by atoms with Gasteiger partial charge in [0.15, 0.2) is 0 Å². The predicted octanol–water partition coefficient (Wildman–Crippen LogP) is 3.82.